The van der Waals surface area contributed by atoms with Crippen LogP contribution in [0.25, 0.3) is 0 Å². The van der Waals surface area contributed by atoms with Crippen molar-refractivity contribution in [2.75, 3.05) is 11.1 Å². The highest BCUT2D eigenvalue weighted by Gasteiger charge is 1.96. The minimum Gasteiger partial charge on any atom is -0.325 e. The van der Waals surface area contributed by atoms with E-state index in [1.165, 1.54) is 0 Å². The van der Waals surface area contributed by atoms with Crippen LogP contribution in [0.15, 0.2) is 30.3 Å². The molecular formula is C8H8NOS. The number of amides is 1. The van der Waals surface area contributed by atoms with E-state index in [0.29, 0.717) is 0 Å². The van der Waals surface area contributed by atoms with E-state index in [-0.39, 0.29) is 11.7 Å². The number of hydrogen-bond donors (Lipinski definition) is 1. The zero-order valence-corrected chi connectivity index (χ0v) is 6.73. The molecule has 1 radical (unpaired) electrons. The number of para-hydroxylation sites is 1. The minimum absolute atomic E-state index is 0.106. The first kappa shape index (κ1) is 8.14. The number of hydrogen-bond acceptors (Lipinski definition) is 1. The van der Waals surface area contributed by atoms with Crippen molar-refractivity contribution >= 4 is 24.2 Å². The summed E-state index contributed by atoms with van der Waals surface area (Å²) >= 11 is 4.56. The largest absolute Gasteiger partial charge is 0.325 e. The molecule has 0 aromatic heterocycles. The Balaban J connectivity index is 2.58. The maximum Gasteiger partial charge on any atom is 0.235 e. The van der Waals surface area contributed by atoms with Crippen molar-refractivity contribution in [3.63, 3.8) is 0 Å². The molecule has 0 saturated carbocycles. The Kier molecular flexibility index (Phi) is 2.98. The second kappa shape index (κ2) is 4.03. The molecule has 1 rings (SSSR count). The molecule has 0 aliphatic rings. The number of rotatable bonds is 2. The van der Waals surface area contributed by atoms with E-state index in [4.69, 9.17) is 0 Å². The van der Waals surface area contributed by atoms with Gasteiger partial charge in [-0.25, -0.2) is 0 Å². The maximum absolute atomic E-state index is 10.8. The molecule has 0 saturated heterocycles. The fourth-order valence-corrected chi connectivity index (χ4v) is 0.791. The van der Waals surface area contributed by atoms with E-state index in [1.807, 2.05) is 30.3 Å². The van der Waals surface area contributed by atoms with Gasteiger partial charge in [-0.05, 0) is 12.1 Å². The lowest BCUT2D eigenvalue weighted by atomic mass is 10.3. The summed E-state index contributed by atoms with van der Waals surface area (Å²) in [5.41, 5.74) is 0.794. The van der Waals surface area contributed by atoms with Crippen molar-refractivity contribution in [2.24, 2.45) is 0 Å². The fourth-order valence-electron chi connectivity index (χ4n) is 0.719. The Labute approximate surface area is 71.0 Å². The zero-order valence-electron chi connectivity index (χ0n) is 5.91. The van der Waals surface area contributed by atoms with Gasteiger partial charge in [-0.3, -0.25) is 4.79 Å². The van der Waals surface area contributed by atoms with Crippen molar-refractivity contribution in [1.29, 1.82) is 0 Å². The van der Waals surface area contributed by atoms with Crippen LogP contribution in [0.4, 0.5) is 5.69 Å². The van der Waals surface area contributed by atoms with Crippen molar-refractivity contribution in [2.45, 2.75) is 0 Å². The smallest absolute Gasteiger partial charge is 0.235 e. The third-order valence-electron chi connectivity index (χ3n) is 1.19. The molecule has 0 bridgehead atoms. The third-order valence-corrected chi connectivity index (χ3v) is 1.45. The Morgan fingerprint density at radius 2 is 2.00 bits per heavy atom. The summed E-state index contributed by atoms with van der Waals surface area (Å²) in [6, 6.07) is 9.26. The first-order valence-electron chi connectivity index (χ1n) is 3.26. The molecule has 3 heteroatoms. The van der Waals surface area contributed by atoms with Crippen LogP contribution >= 0.6 is 12.6 Å². The standard InChI is InChI=1S/C8H8NOS/c10-8(6-11)9-7-4-2-1-3-5-7/h1-5H,6H2,(H,9,10). The van der Waals surface area contributed by atoms with E-state index >= 15 is 0 Å². The molecule has 1 aromatic carbocycles. The van der Waals surface area contributed by atoms with Crippen LogP contribution in [-0.4, -0.2) is 11.7 Å². The van der Waals surface area contributed by atoms with Gasteiger partial charge in [-0.2, -0.15) is 0 Å². The summed E-state index contributed by atoms with van der Waals surface area (Å²) in [5.74, 6) is -0.0271. The van der Waals surface area contributed by atoms with Crippen molar-refractivity contribution in [3.8, 4) is 0 Å². The minimum atomic E-state index is -0.133. The number of nitrogens with one attached hydrogen (secondary N) is 1. The Morgan fingerprint density at radius 1 is 1.36 bits per heavy atom. The highest BCUT2D eigenvalue weighted by Crippen LogP contribution is 2.04. The lowest BCUT2D eigenvalue weighted by molar-refractivity contribution is -0.113. The van der Waals surface area contributed by atoms with Crippen LogP contribution in [0.3, 0.4) is 0 Å². The van der Waals surface area contributed by atoms with E-state index in [2.05, 4.69) is 17.9 Å². The molecule has 0 aliphatic carbocycles. The number of carbonyl (C=O) groups excluding carboxylic acids is 1. The number of anilines is 1. The van der Waals surface area contributed by atoms with Gasteiger partial charge in [0.05, 0.1) is 5.75 Å². The SMILES string of the molecule is O=C(C[S])Nc1ccccc1. The summed E-state index contributed by atoms with van der Waals surface area (Å²) in [6.45, 7) is 0. The molecule has 0 aliphatic heterocycles. The van der Waals surface area contributed by atoms with Crippen LogP contribution in [0.2, 0.25) is 0 Å². The van der Waals surface area contributed by atoms with Crippen LogP contribution in [-0.2, 0) is 4.79 Å². The number of carbonyl (C=O) groups is 1. The predicted octanol–water partition coefficient (Wildman–Crippen LogP) is 1.82. The first-order valence-corrected chi connectivity index (χ1v) is 3.83. The quantitative estimate of drug-likeness (QED) is 0.713. The molecule has 0 fully saturated rings. The van der Waals surface area contributed by atoms with Gasteiger partial charge in [0.25, 0.3) is 0 Å². The van der Waals surface area contributed by atoms with Crippen molar-refractivity contribution in [3.05, 3.63) is 30.3 Å². The van der Waals surface area contributed by atoms with Crippen LogP contribution in [0.1, 0.15) is 0 Å². The Bertz CT molecular complexity index is 235. The highest BCUT2D eigenvalue weighted by atomic mass is 32.1. The van der Waals surface area contributed by atoms with Crippen LogP contribution < -0.4 is 5.32 Å². The van der Waals surface area contributed by atoms with E-state index in [9.17, 15) is 4.79 Å². The lowest BCUT2D eigenvalue weighted by Gasteiger charge is -2.00. The topological polar surface area (TPSA) is 29.1 Å². The van der Waals surface area contributed by atoms with Crippen molar-refractivity contribution < 1.29 is 4.79 Å². The molecule has 2 nitrogen and oxygen atoms in total. The summed E-state index contributed by atoms with van der Waals surface area (Å²) in [5, 5.41) is 2.65. The monoisotopic (exact) mass is 166 g/mol. The summed E-state index contributed by atoms with van der Waals surface area (Å²) in [6.07, 6.45) is 0. The summed E-state index contributed by atoms with van der Waals surface area (Å²) in [4.78, 5) is 10.8. The van der Waals surface area contributed by atoms with Gasteiger partial charge >= 0.3 is 0 Å². The second-order valence-corrected chi connectivity index (χ2v) is 2.35. The average molecular weight is 166 g/mol. The number of benzene rings is 1. The molecule has 57 valence electrons. The molecule has 0 unspecified atom stereocenters. The summed E-state index contributed by atoms with van der Waals surface area (Å²) < 4.78 is 0. The van der Waals surface area contributed by atoms with E-state index in [1.54, 1.807) is 0 Å². The Morgan fingerprint density at radius 3 is 2.55 bits per heavy atom. The lowest BCUT2D eigenvalue weighted by Crippen LogP contribution is -2.12. The zero-order chi connectivity index (χ0) is 8.10. The molecule has 0 heterocycles. The summed E-state index contributed by atoms with van der Waals surface area (Å²) in [7, 11) is 0. The van der Waals surface area contributed by atoms with Gasteiger partial charge in [0, 0.05) is 5.69 Å². The first-order chi connectivity index (χ1) is 5.33. The molecule has 11 heavy (non-hydrogen) atoms. The molecule has 0 atom stereocenters. The van der Waals surface area contributed by atoms with Gasteiger partial charge in [-0.1, -0.05) is 30.8 Å². The molecule has 1 N–H and O–H groups in total. The normalized spacial score (nSPS) is 9.18. The van der Waals surface area contributed by atoms with E-state index < -0.39 is 0 Å². The molecule has 0 spiro atoms. The van der Waals surface area contributed by atoms with Gasteiger partial charge in [0.15, 0.2) is 0 Å². The van der Waals surface area contributed by atoms with Crippen molar-refractivity contribution in [1.82, 2.24) is 0 Å². The van der Waals surface area contributed by atoms with Crippen LogP contribution in [0.5, 0.6) is 0 Å². The van der Waals surface area contributed by atoms with Gasteiger partial charge in [0.2, 0.25) is 5.91 Å². The molecular weight excluding hydrogens is 158 g/mol. The predicted molar refractivity (Wildman–Crippen MR) is 47.5 cm³/mol. The second-order valence-electron chi connectivity index (χ2n) is 2.06. The van der Waals surface area contributed by atoms with Gasteiger partial charge < -0.3 is 5.32 Å². The maximum atomic E-state index is 10.8. The Hall–Kier alpha value is -0.960. The van der Waals surface area contributed by atoms with Gasteiger partial charge in [0.1, 0.15) is 0 Å². The average Bonchev–Trinajstić information content (AvgIpc) is 2.06. The highest BCUT2D eigenvalue weighted by molar-refractivity contribution is 7.81. The fraction of sp³-hybridized carbons (Fsp3) is 0.125. The third kappa shape index (κ3) is 2.63. The molecule has 1 aromatic rings. The van der Waals surface area contributed by atoms with Gasteiger partial charge in [-0.15, -0.1) is 0 Å². The van der Waals surface area contributed by atoms with E-state index in [0.717, 1.165) is 5.69 Å². The van der Waals surface area contributed by atoms with Crippen LogP contribution in [0, 0.1) is 0 Å². The molecule has 1 amide bonds.